The molecule has 0 aliphatic carbocycles. The molecule has 0 aliphatic rings. The molecule has 3 rings (SSSR count). The normalized spacial score (nSPS) is 10.5. The van der Waals surface area contributed by atoms with Crippen molar-refractivity contribution in [2.75, 3.05) is 6.61 Å². The molecular weight excluding hydrogens is 342 g/mol. The molecule has 0 radical (unpaired) electrons. The number of carbonyl (C=O) groups is 2. The number of hydrogen-bond acceptors (Lipinski definition) is 4. The van der Waals surface area contributed by atoms with E-state index in [4.69, 9.17) is 4.74 Å². The van der Waals surface area contributed by atoms with Crippen molar-refractivity contribution in [1.29, 1.82) is 0 Å². The lowest BCUT2D eigenvalue weighted by atomic mass is 10.1. The summed E-state index contributed by atoms with van der Waals surface area (Å²) in [5.74, 6) is -3.22. The number of nitrogens with zero attached hydrogens (tertiary/aromatic N) is 2. The van der Waals surface area contributed by atoms with Gasteiger partial charge >= 0.3 is 5.97 Å². The van der Waals surface area contributed by atoms with Crippen molar-refractivity contribution in [2.45, 2.75) is 6.54 Å². The average Bonchev–Trinajstić information content (AvgIpc) is 3.13. The maximum absolute atomic E-state index is 13.5. The van der Waals surface area contributed by atoms with E-state index >= 15 is 0 Å². The van der Waals surface area contributed by atoms with Gasteiger partial charge in [-0.2, -0.15) is 5.10 Å². The predicted molar refractivity (Wildman–Crippen MR) is 88.7 cm³/mol. The van der Waals surface area contributed by atoms with Gasteiger partial charge in [0.25, 0.3) is 0 Å². The van der Waals surface area contributed by atoms with Crippen molar-refractivity contribution in [3.8, 4) is 0 Å². The van der Waals surface area contributed by atoms with E-state index < -0.39 is 30.0 Å². The van der Waals surface area contributed by atoms with Gasteiger partial charge in [0.15, 0.2) is 6.61 Å². The largest absolute Gasteiger partial charge is 0.454 e. The van der Waals surface area contributed by atoms with Gasteiger partial charge in [0.05, 0.1) is 17.7 Å². The third-order valence-corrected chi connectivity index (χ3v) is 3.66. The van der Waals surface area contributed by atoms with E-state index in [1.54, 1.807) is 35.1 Å². The number of aromatic nitrogens is 2. The fourth-order valence-corrected chi connectivity index (χ4v) is 2.34. The van der Waals surface area contributed by atoms with Gasteiger partial charge in [0.2, 0.25) is 5.78 Å². The van der Waals surface area contributed by atoms with Crippen LogP contribution in [0.3, 0.4) is 0 Å². The Morgan fingerprint density at radius 1 is 1.08 bits per heavy atom. The maximum Gasteiger partial charge on any atom is 0.338 e. The number of halogens is 2. The highest BCUT2D eigenvalue weighted by Crippen LogP contribution is 2.12. The highest BCUT2D eigenvalue weighted by molar-refractivity contribution is 5.99. The number of Topliss-reactive ketones (excluding diaryl/α,β-unsaturated/α-hetero) is 1. The molecule has 3 aromatic rings. The number of hydrogen-bond donors (Lipinski definition) is 0. The lowest BCUT2D eigenvalue weighted by Gasteiger charge is -2.07. The average molecular weight is 356 g/mol. The van der Waals surface area contributed by atoms with Gasteiger partial charge < -0.3 is 4.74 Å². The Balaban J connectivity index is 1.58. The fourth-order valence-electron chi connectivity index (χ4n) is 2.34. The molecule has 1 heterocycles. The molecule has 0 bridgehead atoms. The van der Waals surface area contributed by atoms with Gasteiger partial charge in [-0.3, -0.25) is 9.48 Å². The SMILES string of the molecule is O=C(OCC(=O)c1ccc(F)cc1F)c1ccc(Cn2cccn2)cc1. The van der Waals surface area contributed by atoms with Crippen LogP contribution < -0.4 is 0 Å². The summed E-state index contributed by atoms with van der Waals surface area (Å²) >= 11 is 0. The molecule has 0 amide bonds. The Kier molecular flexibility index (Phi) is 5.17. The molecule has 5 nitrogen and oxygen atoms in total. The Morgan fingerprint density at radius 3 is 2.50 bits per heavy atom. The van der Waals surface area contributed by atoms with Crippen molar-refractivity contribution >= 4 is 11.8 Å². The second-order valence-electron chi connectivity index (χ2n) is 5.52. The molecule has 132 valence electrons. The molecular formula is C19H14F2N2O3. The molecule has 0 saturated heterocycles. The molecule has 0 saturated carbocycles. The molecule has 0 spiro atoms. The summed E-state index contributed by atoms with van der Waals surface area (Å²) in [6.07, 6.45) is 3.50. The zero-order valence-electron chi connectivity index (χ0n) is 13.6. The smallest absolute Gasteiger partial charge is 0.338 e. The first-order chi connectivity index (χ1) is 12.5. The minimum absolute atomic E-state index is 0.265. The van der Waals surface area contributed by atoms with Crippen LogP contribution in [0.15, 0.2) is 60.9 Å². The van der Waals surface area contributed by atoms with E-state index in [1.807, 2.05) is 12.3 Å². The van der Waals surface area contributed by atoms with Gasteiger partial charge in [0, 0.05) is 18.5 Å². The van der Waals surface area contributed by atoms with Crippen LogP contribution in [-0.4, -0.2) is 28.1 Å². The molecule has 0 atom stereocenters. The molecule has 7 heteroatoms. The van der Waals surface area contributed by atoms with Crippen molar-refractivity contribution in [2.24, 2.45) is 0 Å². The third kappa shape index (κ3) is 4.18. The minimum atomic E-state index is -0.992. The molecule has 0 fully saturated rings. The molecule has 0 N–H and O–H groups in total. The third-order valence-electron chi connectivity index (χ3n) is 3.66. The van der Waals surface area contributed by atoms with Crippen molar-refractivity contribution < 1.29 is 23.1 Å². The zero-order valence-corrected chi connectivity index (χ0v) is 13.6. The second kappa shape index (κ2) is 7.69. The molecule has 0 unspecified atom stereocenters. The molecule has 2 aromatic carbocycles. The minimum Gasteiger partial charge on any atom is -0.454 e. The fraction of sp³-hybridized carbons (Fsp3) is 0.105. The first kappa shape index (κ1) is 17.5. The Hall–Kier alpha value is -3.35. The molecule has 26 heavy (non-hydrogen) atoms. The first-order valence-corrected chi connectivity index (χ1v) is 7.74. The Bertz CT molecular complexity index is 922. The standard InChI is InChI=1S/C19H14F2N2O3/c20-15-6-7-16(17(21)10-15)18(24)12-26-19(25)14-4-2-13(3-5-14)11-23-9-1-8-22-23/h1-10H,11-12H2. The van der Waals surface area contributed by atoms with Crippen LogP contribution in [0.25, 0.3) is 0 Å². The summed E-state index contributed by atoms with van der Waals surface area (Å²) in [6.45, 7) is -0.0684. The maximum atomic E-state index is 13.5. The van der Waals surface area contributed by atoms with Crippen LogP contribution in [0.2, 0.25) is 0 Å². The first-order valence-electron chi connectivity index (χ1n) is 7.74. The Morgan fingerprint density at radius 2 is 1.85 bits per heavy atom. The van der Waals surface area contributed by atoms with Gasteiger partial charge in [-0.25, -0.2) is 13.6 Å². The number of rotatable bonds is 6. The quantitative estimate of drug-likeness (QED) is 0.502. The zero-order chi connectivity index (χ0) is 18.5. The van der Waals surface area contributed by atoms with E-state index in [1.165, 1.54) is 0 Å². The summed E-state index contributed by atoms with van der Waals surface area (Å²) in [7, 11) is 0. The number of benzene rings is 2. The van der Waals surface area contributed by atoms with Crippen molar-refractivity contribution in [1.82, 2.24) is 9.78 Å². The van der Waals surface area contributed by atoms with Crippen LogP contribution in [0.1, 0.15) is 26.3 Å². The van der Waals surface area contributed by atoms with Crippen LogP contribution in [0.5, 0.6) is 0 Å². The number of esters is 1. The molecule has 0 aliphatic heterocycles. The second-order valence-corrected chi connectivity index (χ2v) is 5.52. The summed E-state index contributed by atoms with van der Waals surface area (Å²) in [6, 6.07) is 11.1. The summed E-state index contributed by atoms with van der Waals surface area (Å²) in [5, 5.41) is 4.09. The number of ketones is 1. The molecule has 1 aromatic heterocycles. The van der Waals surface area contributed by atoms with Crippen LogP contribution >= 0.6 is 0 Å². The van der Waals surface area contributed by atoms with Gasteiger partial charge in [-0.05, 0) is 35.9 Å². The van der Waals surface area contributed by atoms with Crippen LogP contribution in [0, 0.1) is 11.6 Å². The topological polar surface area (TPSA) is 61.2 Å². The van der Waals surface area contributed by atoms with E-state index in [2.05, 4.69) is 5.10 Å². The van der Waals surface area contributed by atoms with Crippen molar-refractivity contribution in [3.63, 3.8) is 0 Å². The lowest BCUT2D eigenvalue weighted by Crippen LogP contribution is -2.15. The highest BCUT2D eigenvalue weighted by atomic mass is 19.1. The van der Waals surface area contributed by atoms with Crippen LogP contribution in [-0.2, 0) is 11.3 Å². The van der Waals surface area contributed by atoms with E-state index in [0.29, 0.717) is 12.6 Å². The Labute approximate surface area is 147 Å². The number of carbonyl (C=O) groups excluding carboxylic acids is 2. The van der Waals surface area contributed by atoms with E-state index in [0.717, 1.165) is 17.7 Å². The predicted octanol–water partition coefficient (Wildman–Crippen LogP) is 3.25. The van der Waals surface area contributed by atoms with Crippen LogP contribution in [0.4, 0.5) is 8.78 Å². The lowest BCUT2D eigenvalue weighted by molar-refractivity contribution is 0.0473. The summed E-state index contributed by atoms with van der Waals surface area (Å²) in [5.41, 5.74) is 0.880. The highest BCUT2D eigenvalue weighted by Gasteiger charge is 2.15. The van der Waals surface area contributed by atoms with Crippen molar-refractivity contribution in [3.05, 3.63) is 89.2 Å². The van der Waals surface area contributed by atoms with Gasteiger partial charge in [-0.1, -0.05) is 12.1 Å². The summed E-state index contributed by atoms with van der Waals surface area (Å²) < 4.78 is 33.0. The van der Waals surface area contributed by atoms with E-state index in [-0.39, 0.29) is 11.1 Å². The summed E-state index contributed by atoms with van der Waals surface area (Å²) in [4.78, 5) is 23.9. The monoisotopic (exact) mass is 356 g/mol. The number of ether oxygens (including phenoxy) is 1. The van der Waals surface area contributed by atoms with E-state index in [9.17, 15) is 18.4 Å². The van der Waals surface area contributed by atoms with Gasteiger partial charge in [0.1, 0.15) is 11.6 Å². The van der Waals surface area contributed by atoms with Gasteiger partial charge in [-0.15, -0.1) is 0 Å².